The summed E-state index contributed by atoms with van der Waals surface area (Å²) in [4.78, 5) is 13.7. The Labute approximate surface area is 97.4 Å². The topological polar surface area (TPSA) is 33.5 Å². The molecule has 1 unspecified atom stereocenters. The minimum Gasteiger partial charge on any atom is -0.467 e. The lowest BCUT2D eigenvalue weighted by molar-refractivity contribution is -0.134. The van der Waals surface area contributed by atoms with Crippen LogP contribution < -0.4 is 0 Å². The zero-order chi connectivity index (χ0) is 12.3. The summed E-state index contributed by atoms with van der Waals surface area (Å²) < 4.78 is 5.30. The fraction of sp³-hybridized carbons (Fsp3) is 0.615. The van der Waals surface area contributed by atoms with E-state index in [1.807, 2.05) is 26.1 Å². The van der Waals surface area contributed by atoms with Crippen molar-refractivity contribution in [3.8, 4) is 0 Å². The Kier molecular flexibility index (Phi) is 3.79. The molecule has 1 amide bonds. The van der Waals surface area contributed by atoms with Gasteiger partial charge < -0.3 is 9.32 Å². The van der Waals surface area contributed by atoms with E-state index in [-0.39, 0.29) is 17.4 Å². The first kappa shape index (κ1) is 12.8. The Hall–Kier alpha value is -1.25. The Morgan fingerprint density at radius 2 is 2.12 bits per heavy atom. The molecule has 0 aliphatic rings. The lowest BCUT2D eigenvalue weighted by Gasteiger charge is -2.27. The Balaban J connectivity index is 2.64. The van der Waals surface area contributed by atoms with E-state index in [1.165, 1.54) is 0 Å². The number of amides is 1. The van der Waals surface area contributed by atoms with Crippen LogP contribution in [0.3, 0.4) is 0 Å². The third-order valence-corrected chi connectivity index (χ3v) is 2.61. The second-order valence-corrected chi connectivity index (χ2v) is 5.43. The van der Waals surface area contributed by atoms with Crippen molar-refractivity contribution in [2.45, 2.75) is 40.2 Å². The second-order valence-electron chi connectivity index (χ2n) is 5.43. The highest BCUT2D eigenvalue weighted by molar-refractivity contribution is 5.76. The summed E-state index contributed by atoms with van der Waals surface area (Å²) in [7, 11) is 1.82. The van der Waals surface area contributed by atoms with Crippen molar-refractivity contribution in [1.29, 1.82) is 0 Å². The molecule has 0 aliphatic carbocycles. The number of furan rings is 1. The fourth-order valence-electron chi connectivity index (χ4n) is 1.51. The Morgan fingerprint density at radius 1 is 1.50 bits per heavy atom. The normalized spacial score (nSPS) is 13.6. The minimum atomic E-state index is -0.00940. The summed E-state index contributed by atoms with van der Waals surface area (Å²) in [6.07, 6.45) is 2.18. The van der Waals surface area contributed by atoms with E-state index < -0.39 is 0 Å². The number of carbonyl (C=O) groups excluding carboxylic acids is 1. The first-order valence-corrected chi connectivity index (χ1v) is 5.60. The molecule has 0 radical (unpaired) electrons. The van der Waals surface area contributed by atoms with Crippen LogP contribution in [0.1, 0.15) is 45.9 Å². The molecule has 1 aromatic rings. The van der Waals surface area contributed by atoms with Gasteiger partial charge in [0.1, 0.15) is 5.76 Å². The van der Waals surface area contributed by atoms with Crippen LogP contribution in [-0.4, -0.2) is 17.9 Å². The first-order valence-electron chi connectivity index (χ1n) is 5.60. The molecule has 0 fully saturated rings. The molecule has 1 atom stereocenters. The molecule has 3 heteroatoms. The van der Waals surface area contributed by atoms with Gasteiger partial charge in [0.25, 0.3) is 0 Å². The SMILES string of the molecule is CC(c1ccco1)N(C)C(=O)CC(C)(C)C. The second kappa shape index (κ2) is 4.73. The van der Waals surface area contributed by atoms with Crippen molar-refractivity contribution in [1.82, 2.24) is 4.90 Å². The highest BCUT2D eigenvalue weighted by Crippen LogP contribution is 2.24. The molecular formula is C13H21NO2. The summed E-state index contributed by atoms with van der Waals surface area (Å²) >= 11 is 0. The van der Waals surface area contributed by atoms with E-state index in [9.17, 15) is 4.79 Å². The van der Waals surface area contributed by atoms with Crippen LogP contribution in [0.2, 0.25) is 0 Å². The summed E-state index contributed by atoms with van der Waals surface area (Å²) in [5.74, 6) is 0.973. The number of hydrogen-bond donors (Lipinski definition) is 0. The first-order chi connectivity index (χ1) is 7.31. The molecule has 16 heavy (non-hydrogen) atoms. The van der Waals surface area contributed by atoms with Crippen molar-refractivity contribution < 1.29 is 9.21 Å². The monoisotopic (exact) mass is 223 g/mol. The van der Waals surface area contributed by atoms with Crippen LogP contribution >= 0.6 is 0 Å². The van der Waals surface area contributed by atoms with Gasteiger partial charge >= 0.3 is 0 Å². The van der Waals surface area contributed by atoms with Gasteiger partial charge in [-0.05, 0) is 24.5 Å². The van der Waals surface area contributed by atoms with Gasteiger partial charge in [0.15, 0.2) is 0 Å². The molecule has 1 rings (SSSR count). The molecule has 3 nitrogen and oxygen atoms in total. The quantitative estimate of drug-likeness (QED) is 0.788. The number of nitrogens with zero attached hydrogens (tertiary/aromatic N) is 1. The molecule has 0 saturated carbocycles. The van der Waals surface area contributed by atoms with Gasteiger partial charge in [-0.2, -0.15) is 0 Å². The standard InChI is InChI=1S/C13H21NO2/c1-10(11-7-6-8-16-11)14(5)12(15)9-13(2,3)4/h6-8,10H,9H2,1-5H3. The highest BCUT2D eigenvalue weighted by atomic mass is 16.3. The van der Waals surface area contributed by atoms with Gasteiger partial charge in [-0.1, -0.05) is 20.8 Å². The third kappa shape index (κ3) is 3.40. The van der Waals surface area contributed by atoms with Crippen molar-refractivity contribution in [2.75, 3.05) is 7.05 Å². The van der Waals surface area contributed by atoms with Crippen LogP contribution in [0.25, 0.3) is 0 Å². The predicted octanol–water partition coefficient (Wildman–Crippen LogP) is 3.24. The largest absolute Gasteiger partial charge is 0.467 e. The summed E-state index contributed by atoms with van der Waals surface area (Å²) in [5.41, 5.74) is 0.0221. The summed E-state index contributed by atoms with van der Waals surface area (Å²) in [5, 5.41) is 0. The number of carbonyl (C=O) groups is 1. The fourth-order valence-corrected chi connectivity index (χ4v) is 1.51. The minimum absolute atomic E-state index is 0.00940. The van der Waals surface area contributed by atoms with Gasteiger partial charge in [0, 0.05) is 13.5 Å². The zero-order valence-electron chi connectivity index (χ0n) is 10.8. The molecule has 90 valence electrons. The average molecular weight is 223 g/mol. The van der Waals surface area contributed by atoms with E-state index >= 15 is 0 Å². The van der Waals surface area contributed by atoms with Crippen LogP contribution in [0.5, 0.6) is 0 Å². The average Bonchev–Trinajstić information content (AvgIpc) is 2.65. The Bertz CT molecular complexity index is 335. The third-order valence-electron chi connectivity index (χ3n) is 2.61. The molecule has 0 N–H and O–H groups in total. The van der Waals surface area contributed by atoms with Crippen LogP contribution in [0.4, 0.5) is 0 Å². The van der Waals surface area contributed by atoms with Crippen LogP contribution in [0, 0.1) is 5.41 Å². The highest BCUT2D eigenvalue weighted by Gasteiger charge is 2.23. The van der Waals surface area contributed by atoms with E-state index in [1.54, 1.807) is 11.2 Å². The van der Waals surface area contributed by atoms with Crippen molar-refractivity contribution >= 4 is 5.91 Å². The maximum atomic E-state index is 12.0. The zero-order valence-corrected chi connectivity index (χ0v) is 10.8. The van der Waals surface area contributed by atoms with Gasteiger partial charge in [-0.25, -0.2) is 0 Å². The molecule has 1 heterocycles. The number of hydrogen-bond acceptors (Lipinski definition) is 2. The predicted molar refractivity (Wildman–Crippen MR) is 64.0 cm³/mol. The van der Waals surface area contributed by atoms with Gasteiger partial charge in [0.05, 0.1) is 12.3 Å². The van der Waals surface area contributed by atoms with Crippen molar-refractivity contribution in [3.05, 3.63) is 24.2 Å². The van der Waals surface area contributed by atoms with E-state index in [2.05, 4.69) is 20.8 Å². The van der Waals surface area contributed by atoms with E-state index in [4.69, 9.17) is 4.42 Å². The molecule has 0 aromatic carbocycles. The molecule has 0 bridgehead atoms. The van der Waals surface area contributed by atoms with Gasteiger partial charge in [-0.15, -0.1) is 0 Å². The maximum Gasteiger partial charge on any atom is 0.223 e. The van der Waals surface area contributed by atoms with Crippen molar-refractivity contribution in [3.63, 3.8) is 0 Å². The summed E-state index contributed by atoms with van der Waals surface area (Å²) in [6.45, 7) is 8.17. The Morgan fingerprint density at radius 3 is 2.56 bits per heavy atom. The van der Waals surface area contributed by atoms with Crippen LogP contribution in [-0.2, 0) is 4.79 Å². The molecule has 1 aromatic heterocycles. The smallest absolute Gasteiger partial charge is 0.223 e. The lowest BCUT2D eigenvalue weighted by atomic mass is 9.91. The van der Waals surface area contributed by atoms with Crippen LogP contribution in [0.15, 0.2) is 22.8 Å². The molecular weight excluding hydrogens is 202 g/mol. The molecule has 0 spiro atoms. The van der Waals surface area contributed by atoms with E-state index in [0.717, 1.165) is 5.76 Å². The van der Waals surface area contributed by atoms with E-state index in [0.29, 0.717) is 6.42 Å². The summed E-state index contributed by atoms with van der Waals surface area (Å²) in [6, 6.07) is 3.73. The molecule has 0 saturated heterocycles. The molecule has 0 aliphatic heterocycles. The van der Waals surface area contributed by atoms with Gasteiger partial charge in [0.2, 0.25) is 5.91 Å². The lowest BCUT2D eigenvalue weighted by Crippen LogP contribution is -2.32. The van der Waals surface area contributed by atoms with Crippen molar-refractivity contribution in [2.24, 2.45) is 5.41 Å². The van der Waals surface area contributed by atoms with Gasteiger partial charge in [-0.3, -0.25) is 4.79 Å². The number of rotatable bonds is 3. The maximum absolute atomic E-state index is 12.0.